The number of rotatable bonds is 4. The van der Waals surface area contributed by atoms with E-state index in [1.807, 2.05) is 24.4 Å². The van der Waals surface area contributed by atoms with Crippen molar-refractivity contribution in [1.29, 1.82) is 0 Å². The van der Waals surface area contributed by atoms with E-state index in [9.17, 15) is 0 Å². The number of imidazole rings is 1. The normalized spacial score (nSPS) is 15.0. The van der Waals surface area contributed by atoms with Crippen LogP contribution in [0.15, 0.2) is 28.9 Å². The van der Waals surface area contributed by atoms with Gasteiger partial charge in [-0.1, -0.05) is 33.6 Å². The molecule has 0 bridgehead atoms. The molecule has 1 fully saturated rings. The maximum absolute atomic E-state index is 6.22. The van der Waals surface area contributed by atoms with Crippen LogP contribution in [0, 0.1) is 0 Å². The second-order valence-corrected chi connectivity index (χ2v) is 5.85. The first kappa shape index (κ1) is 12.2. The Labute approximate surface area is 119 Å². The van der Waals surface area contributed by atoms with Crippen molar-refractivity contribution in [3.63, 3.8) is 0 Å². The van der Waals surface area contributed by atoms with Crippen LogP contribution in [0.5, 0.6) is 0 Å². The lowest BCUT2D eigenvalue weighted by molar-refractivity contribution is 0.664. The van der Waals surface area contributed by atoms with Crippen LogP contribution in [0.3, 0.4) is 0 Å². The molecule has 1 heterocycles. The van der Waals surface area contributed by atoms with Crippen LogP contribution in [-0.2, 0) is 6.54 Å². The second-order valence-electron chi connectivity index (χ2n) is 4.52. The summed E-state index contributed by atoms with van der Waals surface area (Å²) in [5, 5.41) is 4.14. The molecule has 0 atom stereocenters. The van der Waals surface area contributed by atoms with Gasteiger partial charge in [0, 0.05) is 16.1 Å². The molecule has 1 aliphatic rings. The minimum absolute atomic E-state index is 0.690. The molecule has 1 aromatic carbocycles. The summed E-state index contributed by atoms with van der Waals surface area (Å²) in [6, 6.07) is 6.54. The van der Waals surface area contributed by atoms with Crippen molar-refractivity contribution < 1.29 is 0 Å². The molecule has 18 heavy (non-hydrogen) atoms. The van der Waals surface area contributed by atoms with Gasteiger partial charge in [-0.15, -0.1) is 0 Å². The molecule has 3 rings (SSSR count). The van der Waals surface area contributed by atoms with Crippen molar-refractivity contribution in [2.45, 2.75) is 25.4 Å². The molecule has 0 saturated heterocycles. The molecule has 94 valence electrons. The third-order valence-electron chi connectivity index (χ3n) is 2.99. The van der Waals surface area contributed by atoms with Gasteiger partial charge < -0.3 is 10.3 Å². The molecular formula is C13H13BrClN3. The minimum atomic E-state index is 0.690. The molecule has 0 spiro atoms. The fourth-order valence-electron chi connectivity index (χ4n) is 1.83. The van der Waals surface area contributed by atoms with Crippen LogP contribution >= 0.6 is 27.5 Å². The number of H-pyrrole nitrogens is 1. The molecule has 2 aromatic rings. The first-order valence-electron chi connectivity index (χ1n) is 5.95. The molecule has 1 saturated carbocycles. The summed E-state index contributed by atoms with van der Waals surface area (Å²) < 4.78 is 0.978. The van der Waals surface area contributed by atoms with Crippen molar-refractivity contribution in [2.24, 2.45) is 0 Å². The van der Waals surface area contributed by atoms with Gasteiger partial charge in [-0.2, -0.15) is 0 Å². The highest BCUT2D eigenvalue weighted by atomic mass is 79.9. The Morgan fingerprint density at radius 1 is 1.44 bits per heavy atom. The van der Waals surface area contributed by atoms with Crippen LogP contribution in [0.1, 0.15) is 18.7 Å². The monoisotopic (exact) mass is 325 g/mol. The van der Waals surface area contributed by atoms with Crippen molar-refractivity contribution in [1.82, 2.24) is 15.3 Å². The topological polar surface area (TPSA) is 40.7 Å². The molecule has 1 aromatic heterocycles. The number of nitrogens with one attached hydrogen (secondary N) is 2. The smallest absolute Gasteiger partial charge is 0.120 e. The molecular weight excluding hydrogens is 314 g/mol. The number of nitrogens with zero attached hydrogens (tertiary/aromatic N) is 1. The van der Waals surface area contributed by atoms with Gasteiger partial charge in [0.05, 0.1) is 23.5 Å². The Kier molecular flexibility index (Phi) is 3.41. The van der Waals surface area contributed by atoms with E-state index in [-0.39, 0.29) is 0 Å². The predicted molar refractivity (Wildman–Crippen MR) is 76.6 cm³/mol. The number of aromatic amines is 1. The molecule has 0 amide bonds. The molecule has 3 nitrogen and oxygen atoms in total. The van der Waals surface area contributed by atoms with E-state index in [4.69, 9.17) is 11.6 Å². The summed E-state index contributed by atoms with van der Waals surface area (Å²) in [5.41, 5.74) is 1.94. The van der Waals surface area contributed by atoms with Gasteiger partial charge >= 0.3 is 0 Å². The van der Waals surface area contributed by atoms with E-state index in [1.165, 1.54) is 12.8 Å². The zero-order chi connectivity index (χ0) is 12.5. The van der Waals surface area contributed by atoms with Gasteiger partial charge in [0.25, 0.3) is 0 Å². The van der Waals surface area contributed by atoms with Gasteiger partial charge in [0.2, 0.25) is 0 Å². The van der Waals surface area contributed by atoms with Crippen molar-refractivity contribution in [3.05, 3.63) is 39.7 Å². The third-order valence-corrected chi connectivity index (χ3v) is 3.79. The fraction of sp³-hybridized carbons (Fsp3) is 0.308. The van der Waals surface area contributed by atoms with Gasteiger partial charge in [-0.05, 0) is 25.0 Å². The SMILES string of the molecule is Clc1cc(Br)ccc1-c1cnc(CNC2CC2)[nH]1. The van der Waals surface area contributed by atoms with Crippen LogP contribution < -0.4 is 5.32 Å². The highest BCUT2D eigenvalue weighted by molar-refractivity contribution is 9.10. The maximum Gasteiger partial charge on any atom is 0.120 e. The van der Waals surface area contributed by atoms with E-state index in [0.717, 1.165) is 33.1 Å². The average Bonchev–Trinajstić information content (AvgIpc) is 3.05. The summed E-state index contributed by atoms with van der Waals surface area (Å²) in [7, 11) is 0. The zero-order valence-electron chi connectivity index (χ0n) is 9.71. The van der Waals surface area contributed by atoms with Crippen LogP contribution in [-0.4, -0.2) is 16.0 Å². The molecule has 0 unspecified atom stereocenters. The van der Waals surface area contributed by atoms with E-state index in [2.05, 4.69) is 31.2 Å². The molecule has 2 N–H and O–H groups in total. The number of hydrogen-bond donors (Lipinski definition) is 2. The number of benzene rings is 1. The Hall–Kier alpha value is -0.840. The zero-order valence-corrected chi connectivity index (χ0v) is 12.1. The van der Waals surface area contributed by atoms with Crippen molar-refractivity contribution in [2.75, 3.05) is 0 Å². The lowest BCUT2D eigenvalue weighted by Gasteiger charge is -2.02. The first-order chi connectivity index (χ1) is 8.72. The standard InChI is InChI=1S/C13H13BrClN3/c14-8-1-4-10(11(15)5-8)12-6-17-13(18-12)7-16-9-2-3-9/h1,4-6,9,16H,2-3,7H2,(H,17,18). The van der Waals surface area contributed by atoms with E-state index in [0.29, 0.717) is 6.04 Å². The average molecular weight is 327 g/mol. The molecule has 5 heteroatoms. The third kappa shape index (κ3) is 2.76. The number of hydrogen-bond acceptors (Lipinski definition) is 2. The fourth-order valence-corrected chi connectivity index (χ4v) is 2.60. The quantitative estimate of drug-likeness (QED) is 0.898. The van der Waals surface area contributed by atoms with Crippen molar-refractivity contribution in [3.8, 4) is 11.3 Å². The predicted octanol–water partition coefficient (Wildman–Crippen LogP) is 3.74. The van der Waals surface area contributed by atoms with E-state index < -0.39 is 0 Å². The van der Waals surface area contributed by atoms with Gasteiger partial charge in [0.15, 0.2) is 0 Å². The molecule has 0 radical (unpaired) electrons. The van der Waals surface area contributed by atoms with Gasteiger partial charge in [0.1, 0.15) is 5.82 Å². The van der Waals surface area contributed by atoms with Gasteiger partial charge in [-0.25, -0.2) is 4.98 Å². The summed E-state index contributed by atoms with van der Waals surface area (Å²) >= 11 is 9.62. The lowest BCUT2D eigenvalue weighted by Crippen LogP contribution is -2.16. The number of aromatic nitrogens is 2. The Bertz CT molecular complexity index is 563. The second kappa shape index (κ2) is 5.03. The summed E-state index contributed by atoms with van der Waals surface area (Å²) in [4.78, 5) is 7.67. The van der Waals surface area contributed by atoms with Gasteiger partial charge in [-0.3, -0.25) is 0 Å². The van der Waals surface area contributed by atoms with Crippen LogP contribution in [0.25, 0.3) is 11.3 Å². The highest BCUT2D eigenvalue weighted by Crippen LogP contribution is 2.29. The van der Waals surface area contributed by atoms with Crippen LogP contribution in [0.4, 0.5) is 0 Å². The largest absolute Gasteiger partial charge is 0.341 e. The van der Waals surface area contributed by atoms with Crippen molar-refractivity contribution >= 4 is 27.5 Å². The Balaban J connectivity index is 1.78. The Morgan fingerprint density at radius 2 is 2.28 bits per heavy atom. The number of halogens is 2. The molecule has 1 aliphatic carbocycles. The maximum atomic E-state index is 6.22. The summed E-state index contributed by atoms with van der Waals surface area (Å²) in [6.45, 7) is 0.790. The summed E-state index contributed by atoms with van der Waals surface area (Å²) in [5.74, 6) is 0.955. The first-order valence-corrected chi connectivity index (χ1v) is 7.12. The summed E-state index contributed by atoms with van der Waals surface area (Å²) in [6.07, 6.45) is 4.40. The van der Waals surface area contributed by atoms with E-state index >= 15 is 0 Å². The van der Waals surface area contributed by atoms with Crippen LogP contribution in [0.2, 0.25) is 5.02 Å². The highest BCUT2D eigenvalue weighted by Gasteiger charge is 2.20. The Morgan fingerprint density at radius 3 is 3.00 bits per heavy atom. The minimum Gasteiger partial charge on any atom is -0.341 e. The molecule has 0 aliphatic heterocycles. The lowest BCUT2D eigenvalue weighted by atomic mass is 10.2. The van der Waals surface area contributed by atoms with E-state index in [1.54, 1.807) is 0 Å².